The van der Waals surface area contributed by atoms with E-state index in [2.05, 4.69) is 4.98 Å². The summed E-state index contributed by atoms with van der Waals surface area (Å²) in [5.74, 6) is -0.931. The van der Waals surface area contributed by atoms with Crippen LogP contribution in [0.15, 0.2) is 17.2 Å². The number of alkyl halides is 3. The number of carbonyl (C=O) groups is 1. The van der Waals surface area contributed by atoms with E-state index in [0.29, 0.717) is 11.3 Å². The summed E-state index contributed by atoms with van der Waals surface area (Å²) in [6.07, 6.45) is -3.23. The van der Waals surface area contributed by atoms with Gasteiger partial charge in [-0.2, -0.15) is 13.2 Å². The lowest BCUT2D eigenvalue weighted by atomic mass is 10.3. The van der Waals surface area contributed by atoms with E-state index in [0.717, 1.165) is 12.3 Å². The van der Waals surface area contributed by atoms with Crippen molar-refractivity contribution in [2.24, 2.45) is 5.14 Å². The maximum absolute atomic E-state index is 12.4. The molecule has 0 radical (unpaired) electrons. The van der Waals surface area contributed by atoms with Gasteiger partial charge in [-0.3, -0.25) is 4.79 Å². The largest absolute Gasteiger partial charge is 0.406 e. The van der Waals surface area contributed by atoms with E-state index in [-0.39, 0.29) is 17.1 Å². The number of hydrogen-bond donors (Lipinski definition) is 2. The number of H-pyrrole nitrogens is 1. The number of aromatic nitrogens is 1. The van der Waals surface area contributed by atoms with Crippen molar-refractivity contribution in [3.63, 3.8) is 0 Å². The van der Waals surface area contributed by atoms with Crippen molar-refractivity contribution in [2.45, 2.75) is 24.4 Å². The zero-order valence-electron chi connectivity index (χ0n) is 10.6. The number of carbonyl (C=O) groups excluding carboxylic acids is 1. The Morgan fingerprint density at radius 1 is 1.45 bits per heavy atom. The predicted molar refractivity (Wildman–Crippen MR) is 64.4 cm³/mol. The van der Waals surface area contributed by atoms with Crippen molar-refractivity contribution in [1.29, 1.82) is 0 Å². The summed E-state index contributed by atoms with van der Waals surface area (Å²) in [6, 6.07) is 0.913. The number of halogens is 3. The highest BCUT2D eigenvalue weighted by molar-refractivity contribution is 7.89. The van der Waals surface area contributed by atoms with E-state index in [9.17, 15) is 26.4 Å². The molecule has 1 aromatic heterocycles. The number of nitrogens with one attached hydrogen (secondary N) is 1. The maximum atomic E-state index is 12.4. The summed E-state index contributed by atoms with van der Waals surface area (Å²) in [5, 5.41) is 4.85. The van der Waals surface area contributed by atoms with Crippen LogP contribution in [0, 0.1) is 0 Å². The summed E-state index contributed by atoms with van der Waals surface area (Å²) in [6.45, 7) is 0.132. The Balaban J connectivity index is 2.98. The van der Waals surface area contributed by atoms with Crippen molar-refractivity contribution < 1.29 is 26.4 Å². The Morgan fingerprint density at radius 3 is 2.45 bits per heavy atom. The van der Waals surface area contributed by atoms with E-state index >= 15 is 0 Å². The van der Waals surface area contributed by atoms with E-state index in [1.807, 2.05) is 0 Å². The van der Waals surface area contributed by atoms with Gasteiger partial charge < -0.3 is 9.88 Å². The number of nitrogens with zero attached hydrogens (tertiary/aromatic N) is 1. The molecule has 0 saturated carbocycles. The molecule has 1 rings (SSSR count). The van der Waals surface area contributed by atoms with Crippen LogP contribution in [0.3, 0.4) is 0 Å². The summed E-state index contributed by atoms with van der Waals surface area (Å²) in [5.41, 5.74) is -0.258. The summed E-state index contributed by atoms with van der Waals surface area (Å²) >= 11 is 0. The van der Waals surface area contributed by atoms with Gasteiger partial charge in [0.15, 0.2) is 0 Å². The molecule has 3 N–H and O–H groups in total. The van der Waals surface area contributed by atoms with Gasteiger partial charge in [0.1, 0.15) is 12.2 Å². The highest BCUT2D eigenvalue weighted by atomic mass is 32.2. The molecule has 0 aliphatic carbocycles. The Labute approximate surface area is 113 Å². The number of nitrogens with two attached hydrogens (primary N) is 1. The van der Waals surface area contributed by atoms with Crippen molar-refractivity contribution in [2.75, 3.05) is 13.1 Å². The first-order chi connectivity index (χ1) is 9.04. The third-order valence-corrected chi connectivity index (χ3v) is 3.26. The highest BCUT2D eigenvalue weighted by Gasteiger charge is 2.33. The lowest BCUT2D eigenvalue weighted by molar-refractivity contribution is -0.140. The number of rotatable bonds is 5. The van der Waals surface area contributed by atoms with Gasteiger partial charge >= 0.3 is 6.18 Å². The van der Waals surface area contributed by atoms with Gasteiger partial charge in [-0.15, -0.1) is 0 Å². The van der Waals surface area contributed by atoms with Gasteiger partial charge in [0, 0.05) is 12.7 Å². The lowest BCUT2D eigenvalue weighted by Crippen LogP contribution is -2.39. The van der Waals surface area contributed by atoms with Gasteiger partial charge in [0.2, 0.25) is 10.0 Å². The van der Waals surface area contributed by atoms with Crippen LogP contribution in [0.4, 0.5) is 13.2 Å². The minimum absolute atomic E-state index is 0.0952. The Kier molecular flexibility index (Phi) is 4.81. The average Bonchev–Trinajstić information content (AvgIpc) is 2.74. The summed E-state index contributed by atoms with van der Waals surface area (Å²) in [7, 11) is -4.01. The fourth-order valence-electron chi connectivity index (χ4n) is 1.57. The predicted octanol–water partition coefficient (Wildman–Crippen LogP) is 1.08. The van der Waals surface area contributed by atoms with Crippen molar-refractivity contribution in [3.05, 3.63) is 18.0 Å². The van der Waals surface area contributed by atoms with Crippen LogP contribution in [0.1, 0.15) is 23.8 Å². The molecule has 1 aromatic rings. The minimum Gasteiger partial charge on any atom is -0.356 e. The third-order valence-electron chi connectivity index (χ3n) is 2.37. The molecule has 0 spiro atoms. The molecule has 20 heavy (non-hydrogen) atoms. The molecule has 0 aliphatic heterocycles. The van der Waals surface area contributed by atoms with Crippen LogP contribution in [-0.2, 0) is 10.0 Å². The maximum Gasteiger partial charge on any atom is 0.406 e. The van der Waals surface area contributed by atoms with Crippen molar-refractivity contribution in [1.82, 2.24) is 9.88 Å². The van der Waals surface area contributed by atoms with Crippen LogP contribution in [0.5, 0.6) is 0 Å². The summed E-state index contributed by atoms with van der Waals surface area (Å²) < 4.78 is 59.2. The smallest absolute Gasteiger partial charge is 0.356 e. The molecular formula is C10H14F3N3O3S. The zero-order chi connectivity index (χ0) is 15.6. The van der Waals surface area contributed by atoms with Crippen LogP contribution in [0.25, 0.3) is 0 Å². The minimum atomic E-state index is -4.53. The zero-order valence-corrected chi connectivity index (χ0v) is 11.4. The molecule has 0 unspecified atom stereocenters. The van der Waals surface area contributed by atoms with Gasteiger partial charge in [0.05, 0.1) is 4.90 Å². The first-order valence-electron chi connectivity index (χ1n) is 5.62. The van der Waals surface area contributed by atoms with E-state index in [1.165, 1.54) is 0 Å². The van der Waals surface area contributed by atoms with Gasteiger partial charge in [-0.05, 0) is 12.5 Å². The molecule has 0 atom stereocenters. The monoisotopic (exact) mass is 313 g/mol. The second-order valence-corrected chi connectivity index (χ2v) is 5.70. The fourth-order valence-corrected chi connectivity index (χ4v) is 2.08. The molecule has 0 aromatic carbocycles. The second kappa shape index (κ2) is 5.83. The average molecular weight is 313 g/mol. The van der Waals surface area contributed by atoms with Crippen LogP contribution in [0.2, 0.25) is 0 Å². The quantitative estimate of drug-likeness (QED) is 0.851. The highest BCUT2D eigenvalue weighted by Crippen LogP contribution is 2.19. The first kappa shape index (κ1) is 16.5. The van der Waals surface area contributed by atoms with Crippen LogP contribution in [-0.4, -0.2) is 43.5 Å². The number of amides is 1. The molecule has 0 aliphatic rings. The molecule has 10 heteroatoms. The van der Waals surface area contributed by atoms with Crippen molar-refractivity contribution in [3.8, 4) is 0 Å². The van der Waals surface area contributed by atoms with Gasteiger partial charge in [-0.25, -0.2) is 13.6 Å². The molecule has 0 bridgehead atoms. The number of sulfonamides is 1. The fraction of sp³-hybridized carbons (Fsp3) is 0.500. The molecule has 114 valence electrons. The number of hydrogen-bond acceptors (Lipinski definition) is 3. The molecule has 6 nitrogen and oxygen atoms in total. The standard InChI is InChI=1S/C10H14F3N3O3S/c1-2-3-16(6-10(11,12)13)9(17)8-4-7(5-15-8)20(14,18)19/h4-5,15H,2-3,6H2,1H3,(H2,14,18,19). The molecule has 0 saturated heterocycles. The van der Waals surface area contributed by atoms with Crippen LogP contribution >= 0.6 is 0 Å². The Morgan fingerprint density at radius 2 is 2.05 bits per heavy atom. The van der Waals surface area contributed by atoms with Crippen LogP contribution < -0.4 is 5.14 Å². The van der Waals surface area contributed by atoms with Gasteiger partial charge in [0.25, 0.3) is 5.91 Å². The third kappa shape index (κ3) is 4.53. The first-order valence-corrected chi connectivity index (χ1v) is 7.16. The number of aromatic amines is 1. The number of primary sulfonamides is 1. The van der Waals surface area contributed by atoms with Crippen molar-refractivity contribution >= 4 is 15.9 Å². The SMILES string of the molecule is CCCN(CC(F)(F)F)C(=O)c1cc(S(N)(=O)=O)c[nH]1. The molecular weight excluding hydrogens is 299 g/mol. The topological polar surface area (TPSA) is 96.3 Å². The lowest BCUT2D eigenvalue weighted by Gasteiger charge is -2.22. The summed E-state index contributed by atoms with van der Waals surface area (Å²) in [4.78, 5) is 14.5. The Hall–Kier alpha value is -1.55. The van der Waals surface area contributed by atoms with E-state index in [4.69, 9.17) is 5.14 Å². The molecule has 1 amide bonds. The normalized spacial score (nSPS) is 12.4. The molecule has 1 heterocycles. The second-order valence-electron chi connectivity index (χ2n) is 4.14. The van der Waals surface area contributed by atoms with Gasteiger partial charge in [-0.1, -0.05) is 6.92 Å². The van der Waals surface area contributed by atoms with E-state index in [1.54, 1.807) is 6.92 Å². The molecule has 0 fully saturated rings. The Bertz CT molecular complexity index is 580. The van der Waals surface area contributed by atoms with E-state index < -0.39 is 28.7 Å².